The second-order valence-electron chi connectivity index (χ2n) is 4.90. The largest absolute Gasteiger partial charge is 0.368 e. The van der Waals surface area contributed by atoms with Crippen LogP contribution in [0, 0.1) is 0 Å². The van der Waals surface area contributed by atoms with Gasteiger partial charge in [0.25, 0.3) is 5.91 Å². The van der Waals surface area contributed by atoms with Gasteiger partial charge in [0.15, 0.2) is 11.6 Å². The molecule has 0 radical (unpaired) electrons. The lowest BCUT2D eigenvalue weighted by molar-refractivity contribution is -0.124. The lowest BCUT2D eigenvalue weighted by Crippen LogP contribution is -2.27. The van der Waals surface area contributed by atoms with E-state index in [1.807, 2.05) is 18.2 Å². The van der Waals surface area contributed by atoms with Crippen molar-refractivity contribution in [1.82, 2.24) is 10.2 Å². The molecule has 1 aliphatic rings. The molecule has 2 heterocycles. The topological polar surface area (TPSA) is 76.1 Å². The van der Waals surface area contributed by atoms with Crippen LogP contribution in [0.4, 0.5) is 17.3 Å². The Morgan fingerprint density at radius 2 is 1.95 bits per heavy atom. The van der Waals surface area contributed by atoms with E-state index in [9.17, 15) is 4.79 Å². The number of rotatable bonds is 4. The molecular weight excluding hydrogens is 304 g/mol. The number of nitrogens with zero attached hydrogens (tertiary/aromatic N) is 2. The molecule has 1 saturated heterocycles. The van der Waals surface area contributed by atoms with Crippen molar-refractivity contribution in [3.8, 4) is 0 Å². The van der Waals surface area contributed by atoms with E-state index in [0.29, 0.717) is 23.3 Å². The zero-order valence-electron chi connectivity index (χ0n) is 11.8. The smallest absolute Gasteiger partial charge is 0.254 e. The Bertz CT molecular complexity index is 657. The average molecular weight is 319 g/mol. The normalized spacial score (nSPS) is 17.2. The zero-order chi connectivity index (χ0) is 15.4. The monoisotopic (exact) mass is 318 g/mol. The van der Waals surface area contributed by atoms with Crippen molar-refractivity contribution >= 4 is 34.8 Å². The number of amides is 1. The number of para-hydroxylation sites is 1. The van der Waals surface area contributed by atoms with E-state index >= 15 is 0 Å². The molecule has 7 heteroatoms. The fraction of sp³-hybridized carbons (Fsp3) is 0.267. The minimum absolute atomic E-state index is 0.182. The Balaban J connectivity index is 1.63. The van der Waals surface area contributed by atoms with E-state index in [4.69, 9.17) is 16.3 Å². The van der Waals surface area contributed by atoms with E-state index in [1.165, 1.54) is 0 Å². The molecule has 1 amide bonds. The molecular formula is C15H15ClN4O2. The number of aromatic nitrogens is 2. The van der Waals surface area contributed by atoms with Crippen LogP contribution in [0.1, 0.15) is 12.8 Å². The van der Waals surface area contributed by atoms with Gasteiger partial charge >= 0.3 is 0 Å². The van der Waals surface area contributed by atoms with Crippen LogP contribution in [0.3, 0.4) is 0 Å². The van der Waals surface area contributed by atoms with Crippen molar-refractivity contribution in [1.29, 1.82) is 0 Å². The lowest BCUT2D eigenvalue weighted by Gasteiger charge is -2.10. The Hall–Kier alpha value is -2.18. The van der Waals surface area contributed by atoms with Gasteiger partial charge in [-0.25, -0.2) is 0 Å². The maximum Gasteiger partial charge on any atom is 0.254 e. The van der Waals surface area contributed by atoms with Crippen molar-refractivity contribution < 1.29 is 9.53 Å². The van der Waals surface area contributed by atoms with Crippen molar-refractivity contribution in [3.05, 3.63) is 41.4 Å². The average Bonchev–Trinajstić information content (AvgIpc) is 3.06. The molecule has 2 aromatic rings. The van der Waals surface area contributed by atoms with Crippen LogP contribution in [0.2, 0.25) is 5.02 Å². The minimum atomic E-state index is -0.386. The second-order valence-corrected chi connectivity index (χ2v) is 5.31. The number of hydrogen-bond acceptors (Lipinski definition) is 5. The molecule has 3 rings (SSSR count). The standard InChI is InChI=1S/C15H15ClN4O2/c16-10-4-1-2-5-11(10)17-13-7-8-14(20-19-13)18-15(21)12-6-3-9-22-12/h1-2,4-5,7-8,12H,3,6,9H2,(H,17,19)(H,18,20,21). The fourth-order valence-corrected chi connectivity index (χ4v) is 2.34. The molecule has 1 atom stereocenters. The summed E-state index contributed by atoms with van der Waals surface area (Å²) >= 11 is 6.07. The Morgan fingerprint density at radius 3 is 2.64 bits per heavy atom. The summed E-state index contributed by atoms with van der Waals surface area (Å²) in [5.74, 6) is 0.757. The third kappa shape index (κ3) is 3.52. The van der Waals surface area contributed by atoms with Crippen molar-refractivity contribution in [3.63, 3.8) is 0 Å². The van der Waals surface area contributed by atoms with Gasteiger partial charge in [-0.2, -0.15) is 0 Å². The van der Waals surface area contributed by atoms with Gasteiger partial charge < -0.3 is 15.4 Å². The molecule has 1 aliphatic heterocycles. The molecule has 0 aliphatic carbocycles. The first-order valence-corrected chi connectivity index (χ1v) is 7.38. The number of hydrogen-bond donors (Lipinski definition) is 2. The Morgan fingerprint density at radius 1 is 1.18 bits per heavy atom. The summed E-state index contributed by atoms with van der Waals surface area (Å²) in [5.41, 5.74) is 0.745. The van der Waals surface area contributed by atoms with Gasteiger partial charge in [0.05, 0.1) is 10.7 Å². The Kier molecular flexibility index (Phi) is 4.50. The number of anilines is 3. The lowest BCUT2D eigenvalue weighted by atomic mass is 10.2. The Labute approximate surface area is 132 Å². The number of carbonyl (C=O) groups excluding carboxylic acids is 1. The van der Waals surface area contributed by atoms with Gasteiger partial charge in [0, 0.05) is 6.61 Å². The molecule has 22 heavy (non-hydrogen) atoms. The maximum atomic E-state index is 11.9. The quantitative estimate of drug-likeness (QED) is 0.906. The predicted octanol–water partition coefficient (Wildman–Crippen LogP) is 2.99. The summed E-state index contributed by atoms with van der Waals surface area (Å²) in [6.45, 7) is 0.629. The molecule has 2 N–H and O–H groups in total. The third-order valence-electron chi connectivity index (χ3n) is 3.27. The van der Waals surface area contributed by atoms with Crippen LogP contribution in [0.25, 0.3) is 0 Å². The predicted molar refractivity (Wildman–Crippen MR) is 84.4 cm³/mol. The SMILES string of the molecule is O=C(Nc1ccc(Nc2ccccc2Cl)nn1)C1CCCO1. The highest BCUT2D eigenvalue weighted by Crippen LogP contribution is 2.23. The summed E-state index contributed by atoms with van der Waals surface area (Å²) < 4.78 is 5.32. The van der Waals surface area contributed by atoms with E-state index in [-0.39, 0.29) is 12.0 Å². The highest BCUT2D eigenvalue weighted by molar-refractivity contribution is 6.33. The van der Waals surface area contributed by atoms with Crippen LogP contribution in [0.5, 0.6) is 0 Å². The minimum Gasteiger partial charge on any atom is -0.368 e. The molecule has 6 nitrogen and oxygen atoms in total. The fourth-order valence-electron chi connectivity index (χ4n) is 2.16. The molecule has 1 fully saturated rings. The summed E-state index contributed by atoms with van der Waals surface area (Å²) in [5, 5.41) is 14.3. The van der Waals surface area contributed by atoms with Gasteiger partial charge in [-0.1, -0.05) is 23.7 Å². The number of ether oxygens (including phenoxy) is 1. The van der Waals surface area contributed by atoms with Crippen molar-refractivity contribution in [2.24, 2.45) is 0 Å². The number of benzene rings is 1. The highest BCUT2D eigenvalue weighted by atomic mass is 35.5. The van der Waals surface area contributed by atoms with E-state index in [0.717, 1.165) is 18.5 Å². The summed E-state index contributed by atoms with van der Waals surface area (Å²) in [7, 11) is 0. The van der Waals surface area contributed by atoms with E-state index in [1.54, 1.807) is 18.2 Å². The molecule has 1 aromatic heterocycles. The van der Waals surface area contributed by atoms with Crippen LogP contribution in [-0.4, -0.2) is 28.8 Å². The molecule has 0 spiro atoms. The van der Waals surface area contributed by atoms with E-state index in [2.05, 4.69) is 20.8 Å². The summed E-state index contributed by atoms with van der Waals surface area (Å²) in [6, 6.07) is 10.8. The van der Waals surface area contributed by atoms with Crippen LogP contribution >= 0.6 is 11.6 Å². The van der Waals surface area contributed by atoms with Gasteiger partial charge in [-0.05, 0) is 37.1 Å². The van der Waals surface area contributed by atoms with Crippen molar-refractivity contribution in [2.45, 2.75) is 18.9 Å². The highest BCUT2D eigenvalue weighted by Gasteiger charge is 2.23. The molecule has 0 saturated carbocycles. The number of carbonyl (C=O) groups is 1. The van der Waals surface area contributed by atoms with Gasteiger partial charge in [-0.15, -0.1) is 10.2 Å². The van der Waals surface area contributed by atoms with Crippen molar-refractivity contribution in [2.75, 3.05) is 17.2 Å². The first-order valence-electron chi connectivity index (χ1n) is 7.00. The summed E-state index contributed by atoms with van der Waals surface area (Å²) in [4.78, 5) is 11.9. The zero-order valence-corrected chi connectivity index (χ0v) is 12.5. The molecule has 1 aromatic carbocycles. The van der Waals surface area contributed by atoms with Crippen LogP contribution < -0.4 is 10.6 Å². The summed E-state index contributed by atoms with van der Waals surface area (Å²) in [6.07, 6.45) is 1.26. The first-order chi connectivity index (χ1) is 10.7. The van der Waals surface area contributed by atoms with Gasteiger partial charge in [0.1, 0.15) is 6.10 Å². The molecule has 0 bridgehead atoms. The van der Waals surface area contributed by atoms with Crippen LogP contribution in [0.15, 0.2) is 36.4 Å². The molecule has 1 unspecified atom stereocenters. The second kappa shape index (κ2) is 6.72. The maximum absolute atomic E-state index is 11.9. The number of halogens is 1. The van der Waals surface area contributed by atoms with Gasteiger partial charge in [0.2, 0.25) is 0 Å². The van der Waals surface area contributed by atoms with Gasteiger partial charge in [-0.3, -0.25) is 4.79 Å². The van der Waals surface area contributed by atoms with E-state index < -0.39 is 0 Å². The van der Waals surface area contributed by atoms with Crippen LogP contribution in [-0.2, 0) is 9.53 Å². The third-order valence-corrected chi connectivity index (χ3v) is 3.60. The molecule has 114 valence electrons. The first kappa shape index (κ1) is 14.7. The number of nitrogens with one attached hydrogen (secondary N) is 2.